The molecule has 3 aromatic rings. The summed E-state index contributed by atoms with van der Waals surface area (Å²) < 4.78 is 34.6. The number of aromatic nitrogens is 1. The lowest BCUT2D eigenvalue weighted by Crippen LogP contribution is -2.26. The summed E-state index contributed by atoms with van der Waals surface area (Å²) in [5.74, 6) is 0.198. The first-order chi connectivity index (χ1) is 13.4. The number of rotatable bonds is 7. The van der Waals surface area contributed by atoms with Gasteiger partial charge < -0.3 is 9.30 Å². The van der Waals surface area contributed by atoms with Gasteiger partial charge in [-0.2, -0.15) is 0 Å². The fourth-order valence-electron chi connectivity index (χ4n) is 2.58. The lowest BCUT2D eigenvalue weighted by molar-refractivity contribution is 0.300. The number of aryl methyl sites for hydroxylation is 1. The lowest BCUT2D eigenvalue weighted by atomic mass is 10.2. The van der Waals surface area contributed by atoms with Crippen LogP contribution in [0.15, 0.2) is 76.6 Å². The van der Waals surface area contributed by atoms with Crippen LogP contribution in [-0.4, -0.2) is 13.0 Å². The summed E-state index contributed by atoms with van der Waals surface area (Å²) in [6, 6.07) is 17.0. The monoisotopic (exact) mass is 418 g/mol. The van der Waals surface area contributed by atoms with Gasteiger partial charge in [0.2, 0.25) is 15.5 Å². The van der Waals surface area contributed by atoms with Crippen LogP contribution in [0.4, 0.5) is 0 Å². The quantitative estimate of drug-likeness (QED) is 0.639. The van der Waals surface area contributed by atoms with E-state index in [9.17, 15) is 13.2 Å². The van der Waals surface area contributed by atoms with Gasteiger partial charge in [0.1, 0.15) is 11.5 Å². The van der Waals surface area contributed by atoms with Gasteiger partial charge in [-0.25, -0.2) is 13.1 Å². The lowest BCUT2D eigenvalue weighted by Gasteiger charge is -2.13. The number of sulfonamides is 1. The Labute approximate surface area is 168 Å². The van der Waals surface area contributed by atoms with E-state index in [1.807, 2.05) is 30.3 Å². The Kier molecular flexibility index (Phi) is 6.18. The maximum Gasteiger partial charge on any atom is 0.242 e. The largest absolute Gasteiger partial charge is 0.483 e. The van der Waals surface area contributed by atoms with E-state index < -0.39 is 10.0 Å². The minimum absolute atomic E-state index is 0.00974. The summed E-state index contributed by atoms with van der Waals surface area (Å²) in [5.41, 5.74) is 1.12. The van der Waals surface area contributed by atoms with E-state index in [1.165, 1.54) is 18.2 Å². The molecule has 146 valence electrons. The summed E-state index contributed by atoms with van der Waals surface area (Å²) in [7, 11) is -2.09. The van der Waals surface area contributed by atoms with Crippen LogP contribution in [0.1, 0.15) is 11.3 Å². The van der Waals surface area contributed by atoms with E-state index in [0.717, 1.165) is 5.56 Å². The van der Waals surface area contributed by atoms with Gasteiger partial charge in [-0.15, -0.1) is 0 Å². The summed E-state index contributed by atoms with van der Waals surface area (Å²) in [4.78, 5) is 12.3. The molecule has 3 rings (SSSR count). The van der Waals surface area contributed by atoms with E-state index in [4.69, 9.17) is 16.3 Å². The van der Waals surface area contributed by atoms with Gasteiger partial charge in [0.15, 0.2) is 5.75 Å². The second kappa shape index (κ2) is 8.60. The fraction of sp³-hybridized carbons (Fsp3) is 0.150. The van der Waals surface area contributed by atoms with Crippen LogP contribution in [0.3, 0.4) is 0 Å². The molecule has 8 heteroatoms. The third-order valence-corrected chi connectivity index (χ3v) is 6.01. The molecule has 0 saturated heterocycles. The van der Waals surface area contributed by atoms with Crippen molar-refractivity contribution in [3.8, 4) is 5.75 Å². The van der Waals surface area contributed by atoms with E-state index in [1.54, 1.807) is 29.9 Å². The molecule has 0 radical (unpaired) electrons. The topological polar surface area (TPSA) is 77.4 Å². The van der Waals surface area contributed by atoms with Gasteiger partial charge >= 0.3 is 0 Å². The number of nitrogens with zero attached hydrogens (tertiary/aromatic N) is 1. The highest BCUT2D eigenvalue weighted by Gasteiger charge is 2.17. The highest BCUT2D eigenvalue weighted by Crippen LogP contribution is 2.20. The van der Waals surface area contributed by atoms with Gasteiger partial charge in [0, 0.05) is 18.8 Å². The number of pyridine rings is 1. The van der Waals surface area contributed by atoms with Gasteiger partial charge in [-0.3, -0.25) is 4.79 Å². The minimum atomic E-state index is -3.80. The highest BCUT2D eigenvalue weighted by molar-refractivity contribution is 7.89. The zero-order chi connectivity index (χ0) is 20.1. The Morgan fingerprint density at radius 3 is 2.46 bits per heavy atom. The zero-order valence-corrected chi connectivity index (χ0v) is 16.7. The smallest absolute Gasteiger partial charge is 0.242 e. The molecule has 1 aromatic heterocycles. The first kappa shape index (κ1) is 20.1. The van der Waals surface area contributed by atoms with Crippen LogP contribution in [0.2, 0.25) is 5.02 Å². The average Bonchev–Trinajstić information content (AvgIpc) is 2.68. The van der Waals surface area contributed by atoms with Crippen LogP contribution in [0.5, 0.6) is 5.75 Å². The van der Waals surface area contributed by atoms with Gasteiger partial charge in [0.25, 0.3) is 0 Å². The molecule has 28 heavy (non-hydrogen) atoms. The zero-order valence-electron chi connectivity index (χ0n) is 15.1. The third kappa shape index (κ3) is 4.81. The van der Waals surface area contributed by atoms with E-state index in [-0.39, 0.29) is 34.2 Å². The summed E-state index contributed by atoms with van der Waals surface area (Å²) >= 11 is 5.96. The Bertz CT molecular complexity index is 1130. The van der Waals surface area contributed by atoms with Crippen molar-refractivity contribution in [2.24, 2.45) is 7.05 Å². The summed E-state index contributed by atoms with van der Waals surface area (Å²) in [5, 5.41) is 0.133. The number of benzene rings is 2. The Balaban J connectivity index is 1.72. The van der Waals surface area contributed by atoms with E-state index >= 15 is 0 Å². The fourth-order valence-corrected chi connectivity index (χ4v) is 4.09. The predicted molar refractivity (Wildman–Crippen MR) is 108 cm³/mol. The molecule has 1 N–H and O–H groups in total. The van der Waals surface area contributed by atoms with Crippen molar-refractivity contribution < 1.29 is 13.2 Å². The predicted octanol–water partition coefficient (Wildman–Crippen LogP) is 3.10. The molecule has 1 heterocycles. The van der Waals surface area contributed by atoms with Crippen molar-refractivity contribution in [2.45, 2.75) is 18.0 Å². The van der Waals surface area contributed by atoms with Crippen LogP contribution < -0.4 is 14.9 Å². The Morgan fingerprint density at radius 2 is 1.75 bits per heavy atom. The summed E-state index contributed by atoms with van der Waals surface area (Å²) in [6.45, 7) is 0.215. The maximum absolute atomic E-state index is 12.4. The molecule has 0 atom stereocenters. The number of hydrogen-bond acceptors (Lipinski definition) is 4. The van der Waals surface area contributed by atoms with Crippen molar-refractivity contribution in [1.29, 1.82) is 0 Å². The van der Waals surface area contributed by atoms with Crippen molar-refractivity contribution in [3.05, 3.63) is 93.4 Å². The molecule has 0 aliphatic heterocycles. The number of nitrogens with one attached hydrogen (secondary N) is 1. The number of ether oxygens (including phenoxy) is 1. The van der Waals surface area contributed by atoms with Crippen molar-refractivity contribution in [3.63, 3.8) is 0 Å². The maximum atomic E-state index is 12.4. The third-order valence-electron chi connectivity index (χ3n) is 4.11. The number of halogens is 1. The standard InChI is InChI=1S/C20H19ClN2O4S/c1-23-13-19(27-14-15-7-3-2-4-8-15)18(24)11-16(23)12-22-28(25,26)20-10-6-5-9-17(20)21/h2-11,13,22H,12,14H2,1H3. The van der Waals surface area contributed by atoms with Crippen molar-refractivity contribution in [1.82, 2.24) is 9.29 Å². The van der Waals surface area contributed by atoms with Gasteiger partial charge in [-0.1, -0.05) is 54.1 Å². The van der Waals surface area contributed by atoms with E-state index in [2.05, 4.69) is 4.72 Å². The van der Waals surface area contributed by atoms with Crippen LogP contribution in [0.25, 0.3) is 0 Å². The van der Waals surface area contributed by atoms with Crippen molar-refractivity contribution >= 4 is 21.6 Å². The Hall–Kier alpha value is -2.61. The normalized spacial score (nSPS) is 11.4. The van der Waals surface area contributed by atoms with Gasteiger partial charge in [0.05, 0.1) is 17.8 Å². The first-order valence-corrected chi connectivity index (χ1v) is 10.3. The van der Waals surface area contributed by atoms with Gasteiger partial charge in [-0.05, 0) is 17.7 Å². The molecule has 0 unspecified atom stereocenters. The second-order valence-electron chi connectivity index (χ2n) is 6.13. The molecule has 0 amide bonds. The molecule has 0 aliphatic rings. The molecule has 0 bridgehead atoms. The minimum Gasteiger partial charge on any atom is -0.483 e. The number of hydrogen-bond donors (Lipinski definition) is 1. The van der Waals surface area contributed by atoms with E-state index in [0.29, 0.717) is 5.69 Å². The van der Waals surface area contributed by atoms with Crippen LogP contribution >= 0.6 is 11.6 Å². The molecule has 2 aromatic carbocycles. The van der Waals surface area contributed by atoms with Crippen molar-refractivity contribution in [2.75, 3.05) is 0 Å². The second-order valence-corrected chi connectivity index (χ2v) is 8.28. The average molecular weight is 419 g/mol. The SMILES string of the molecule is Cn1cc(OCc2ccccc2)c(=O)cc1CNS(=O)(=O)c1ccccc1Cl. The molecule has 0 spiro atoms. The Morgan fingerprint density at radius 1 is 1.07 bits per heavy atom. The molecular weight excluding hydrogens is 400 g/mol. The molecular formula is C20H19ClN2O4S. The molecule has 0 saturated carbocycles. The first-order valence-electron chi connectivity index (χ1n) is 8.47. The molecule has 0 aliphatic carbocycles. The molecule has 6 nitrogen and oxygen atoms in total. The van der Waals surface area contributed by atoms with Crippen LogP contribution in [0, 0.1) is 0 Å². The molecule has 0 fully saturated rings. The highest BCUT2D eigenvalue weighted by atomic mass is 35.5. The summed E-state index contributed by atoms with van der Waals surface area (Å²) in [6.07, 6.45) is 1.55. The van der Waals surface area contributed by atoms with Crippen LogP contribution in [-0.2, 0) is 30.2 Å².